The van der Waals surface area contributed by atoms with Crippen molar-refractivity contribution >= 4 is 34.5 Å². The molecule has 0 atom stereocenters. The average molecular weight is 281 g/mol. The molecule has 18 heavy (non-hydrogen) atoms. The van der Waals surface area contributed by atoms with E-state index in [4.69, 9.17) is 23.8 Å². The molecule has 0 aliphatic carbocycles. The number of hydrogen-bond acceptors (Lipinski definition) is 2. The second-order valence-electron chi connectivity index (χ2n) is 5.32. The Bertz CT molecular complexity index is 503. The van der Waals surface area contributed by atoms with Crippen molar-refractivity contribution in [1.82, 2.24) is 5.01 Å². The topological polar surface area (TPSA) is 15.6 Å². The van der Waals surface area contributed by atoms with Crippen molar-refractivity contribution in [3.8, 4) is 0 Å². The molecule has 1 aliphatic rings. The molecule has 4 heteroatoms. The molecule has 1 aliphatic heterocycles. The molecule has 0 fully saturated rings. The highest BCUT2D eigenvalue weighted by molar-refractivity contribution is 7.80. The van der Waals surface area contributed by atoms with Crippen molar-refractivity contribution < 1.29 is 0 Å². The van der Waals surface area contributed by atoms with Gasteiger partial charge < -0.3 is 0 Å². The molecule has 0 N–H and O–H groups in total. The molecule has 2 nitrogen and oxygen atoms in total. The summed E-state index contributed by atoms with van der Waals surface area (Å²) in [5, 5.41) is 7.35. The van der Waals surface area contributed by atoms with E-state index >= 15 is 0 Å². The van der Waals surface area contributed by atoms with Gasteiger partial charge in [0.25, 0.3) is 0 Å². The van der Waals surface area contributed by atoms with Gasteiger partial charge in [-0.25, -0.2) is 0 Å². The highest BCUT2D eigenvalue weighted by Crippen LogP contribution is 2.34. The van der Waals surface area contributed by atoms with Crippen LogP contribution < -0.4 is 0 Å². The molecule has 0 amide bonds. The van der Waals surface area contributed by atoms with Crippen LogP contribution in [-0.2, 0) is 0 Å². The Morgan fingerprint density at radius 1 is 1.22 bits per heavy atom. The molecule has 0 spiro atoms. The fraction of sp³-hybridized carbons (Fsp3) is 0.429. The van der Waals surface area contributed by atoms with Gasteiger partial charge in [0, 0.05) is 11.1 Å². The lowest BCUT2D eigenvalue weighted by molar-refractivity contribution is 0.373. The van der Waals surface area contributed by atoms with E-state index < -0.39 is 0 Å². The summed E-state index contributed by atoms with van der Waals surface area (Å²) in [5.74, 6) is 0. The number of benzene rings is 1. The summed E-state index contributed by atoms with van der Waals surface area (Å²) in [5.41, 5.74) is 1.88. The molecule has 0 radical (unpaired) electrons. The standard InChI is InChI=1S/C14H17ClN2S/c1-9(2)17-13(18)14(3,4)12(16-17)10-5-7-11(15)8-6-10/h5-9H,1-4H3. The Kier molecular flexibility index (Phi) is 3.47. The Morgan fingerprint density at radius 3 is 2.22 bits per heavy atom. The second kappa shape index (κ2) is 4.63. The summed E-state index contributed by atoms with van der Waals surface area (Å²) >= 11 is 11.5. The zero-order chi connectivity index (χ0) is 13.5. The second-order valence-corrected chi connectivity index (χ2v) is 6.15. The summed E-state index contributed by atoms with van der Waals surface area (Å²) in [6, 6.07) is 8.04. The van der Waals surface area contributed by atoms with E-state index in [2.05, 4.69) is 32.8 Å². The minimum Gasteiger partial charge on any atom is -0.255 e. The first-order valence-electron chi connectivity index (χ1n) is 6.02. The number of hydrazone groups is 1. The summed E-state index contributed by atoms with van der Waals surface area (Å²) in [7, 11) is 0. The van der Waals surface area contributed by atoms with E-state index in [1.165, 1.54) is 0 Å². The van der Waals surface area contributed by atoms with Crippen LogP contribution in [0, 0.1) is 5.41 Å². The third kappa shape index (κ3) is 2.17. The molecular weight excluding hydrogens is 264 g/mol. The van der Waals surface area contributed by atoms with Crippen LogP contribution in [0.25, 0.3) is 0 Å². The highest BCUT2D eigenvalue weighted by atomic mass is 35.5. The first-order valence-corrected chi connectivity index (χ1v) is 6.81. The smallest absolute Gasteiger partial charge is 0.111 e. The predicted molar refractivity (Wildman–Crippen MR) is 81.3 cm³/mol. The van der Waals surface area contributed by atoms with Crippen molar-refractivity contribution in [3.63, 3.8) is 0 Å². The molecular formula is C14H17ClN2S. The van der Waals surface area contributed by atoms with E-state index in [0.717, 1.165) is 21.3 Å². The Hall–Kier alpha value is -0.930. The first-order chi connectivity index (χ1) is 8.34. The molecule has 1 aromatic rings. The van der Waals surface area contributed by atoms with Crippen LogP contribution in [0.3, 0.4) is 0 Å². The Morgan fingerprint density at radius 2 is 1.78 bits per heavy atom. The Balaban J connectivity index is 2.46. The third-order valence-corrected chi connectivity index (χ3v) is 4.10. The van der Waals surface area contributed by atoms with Crippen molar-refractivity contribution in [2.45, 2.75) is 33.7 Å². The van der Waals surface area contributed by atoms with Crippen LogP contribution in [0.4, 0.5) is 0 Å². The number of halogens is 1. The Labute approximate surface area is 119 Å². The molecule has 0 unspecified atom stereocenters. The van der Waals surface area contributed by atoms with Crippen LogP contribution in [0.15, 0.2) is 29.4 Å². The van der Waals surface area contributed by atoms with Gasteiger partial charge in [-0.15, -0.1) is 0 Å². The lowest BCUT2D eigenvalue weighted by Gasteiger charge is -2.25. The lowest BCUT2D eigenvalue weighted by atomic mass is 9.84. The maximum absolute atomic E-state index is 5.92. The third-order valence-electron chi connectivity index (χ3n) is 3.15. The van der Waals surface area contributed by atoms with Gasteiger partial charge >= 0.3 is 0 Å². The minimum absolute atomic E-state index is 0.215. The van der Waals surface area contributed by atoms with Crippen molar-refractivity contribution in [2.24, 2.45) is 10.5 Å². The fourth-order valence-corrected chi connectivity index (χ4v) is 2.52. The monoisotopic (exact) mass is 280 g/mol. The van der Waals surface area contributed by atoms with Crippen LogP contribution in [0.5, 0.6) is 0 Å². The highest BCUT2D eigenvalue weighted by Gasteiger charge is 2.41. The molecule has 0 saturated heterocycles. The van der Waals surface area contributed by atoms with E-state index in [0.29, 0.717) is 0 Å². The van der Waals surface area contributed by atoms with E-state index in [-0.39, 0.29) is 11.5 Å². The lowest BCUT2D eigenvalue weighted by Crippen LogP contribution is -2.36. The van der Waals surface area contributed by atoms with Gasteiger partial charge in [-0.1, -0.05) is 36.0 Å². The van der Waals surface area contributed by atoms with Crippen molar-refractivity contribution in [2.75, 3.05) is 0 Å². The van der Waals surface area contributed by atoms with Crippen LogP contribution >= 0.6 is 23.8 Å². The van der Waals surface area contributed by atoms with Crippen LogP contribution in [0.2, 0.25) is 5.02 Å². The maximum Gasteiger partial charge on any atom is 0.111 e. The molecule has 0 aromatic heterocycles. The normalized spacial score (nSPS) is 18.4. The van der Waals surface area contributed by atoms with Crippen molar-refractivity contribution in [1.29, 1.82) is 0 Å². The van der Waals surface area contributed by atoms with Crippen LogP contribution in [-0.4, -0.2) is 21.8 Å². The van der Waals surface area contributed by atoms with Gasteiger partial charge in [0.1, 0.15) is 4.99 Å². The number of rotatable bonds is 2. The molecule has 1 heterocycles. The molecule has 0 bridgehead atoms. The summed E-state index contributed by atoms with van der Waals surface area (Å²) in [6.45, 7) is 8.42. The van der Waals surface area contributed by atoms with E-state index in [1.54, 1.807) is 0 Å². The van der Waals surface area contributed by atoms with Gasteiger partial charge in [-0.3, -0.25) is 5.01 Å². The quantitative estimate of drug-likeness (QED) is 0.757. The molecule has 1 aromatic carbocycles. The summed E-state index contributed by atoms with van der Waals surface area (Å²) < 4.78 is 0. The van der Waals surface area contributed by atoms with E-state index in [1.807, 2.05) is 29.3 Å². The molecule has 2 rings (SSSR count). The fourth-order valence-electron chi connectivity index (χ4n) is 2.04. The predicted octanol–water partition coefficient (Wildman–Crippen LogP) is 4.12. The average Bonchev–Trinajstić information content (AvgIpc) is 2.53. The zero-order valence-electron chi connectivity index (χ0n) is 11.1. The first kappa shape index (κ1) is 13.5. The molecule has 96 valence electrons. The summed E-state index contributed by atoms with van der Waals surface area (Å²) in [6.07, 6.45) is 0. The van der Waals surface area contributed by atoms with Crippen molar-refractivity contribution in [3.05, 3.63) is 34.9 Å². The number of thiocarbonyl (C=S) groups is 1. The largest absolute Gasteiger partial charge is 0.255 e. The van der Waals surface area contributed by atoms with Gasteiger partial charge in [0.05, 0.1) is 11.1 Å². The minimum atomic E-state index is -0.215. The molecule has 0 saturated carbocycles. The van der Waals surface area contributed by atoms with E-state index in [9.17, 15) is 0 Å². The SMILES string of the molecule is CC(C)N1N=C(c2ccc(Cl)cc2)C(C)(C)C1=S. The van der Waals surface area contributed by atoms with Gasteiger partial charge in [-0.05, 0) is 45.4 Å². The zero-order valence-corrected chi connectivity index (χ0v) is 12.6. The number of nitrogens with zero attached hydrogens (tertiary/aromatic N) is 2. The van der Waals surface area contributed by atoms with Gasteiger partial charge in [0.2, 0.25) is 0 Å². The summed E-state index contributed by atoms with van der Waals surface area (Å²) in [4.78, 5) is 0.877. The van der Waals surface area contributed by atoms with Gasteiger partial charge in [-0.2, -0.15) is 5.10 Å². The number of hydrogen-bond donors (Lipinski definition) is 0. The maximum atomic E-state index is 5.92. The van der Waals surface area contributed by atoms with Crippen LogP contribution in [0.1, 0.15) is 33.3 Å². The van der Waals surface area contributed by atoms with Gasteiger partial charge in [0.15, 0.2) is 0 Å².